The highest BCUT2D eigenvalue weighted by molar-refractivity contribution is 7.89. The lowest BCUT2D eigenvalue weighted by molar-refractivity contribution is 0.0469. The molecule has 0 saturated carbocycles. The minimum Gasteiger partial charge on any atom is -0.493 e. The van der Waals surface area contributed by atoms with E-state index in [1.165, 1.54) is 35.5 Å². The van der Waals surface area contributed by atoms with Gasteiger partial charge in [-0.2, -0.15) is 4.31 Å². The number of sulfonamides is 1. The lowest BCUT2D eigenvalue weighted by Gasteiger charge is -2.26. The third-order valence-corrected chi connectivity index (χ3v) is 6.74. The number of nitrogens with zero attached hydrogens (tertiary/aromatic N) is 1. The molecule has 0 aromatic heterocycles. The van der Waals surface area contributed by atoms with Gasteiger partial charge in [0.1, 0.15) is 12.4 Å². The van der Waals surface area contributed by atoms with Crippen molar-refractivity contribution in [1.29, 1.82) is 0 Å². The van der Waals surface area contributed by atoms with Gasteiger partial charge in [-0.05, 0) is 56.3 Å². The van der Waals surface area contributed by atoms with E-state index in [1.54, 1.807) is 18.2 Å². The van der Waals surface area contributed by atoms with Gasteiger partial charge in [-0.25, -0.2) is 13.2 Å². The zero-order valence-electron chi connectivity index (χ0n) is 17.5. The van der Waals surface area contributed by atoms with Crippen LogP contribution >= 0.6 is 0 Å². The summed E-state index contributed by atoms with van der Waals surface area (Å²) in [7, 11) is -3.63. The van der Waals surface area contributed by atoms with Crippen molar-refractivity contribution in [2.75, 3.05) is 32.9 Å². The average Bonchev–Trinajstić information content (AvgIpc) is 2.79. The predicted molar refractivity (Wildman–Crippen MR) is 113 cm³/mol. The van der Waals surface area contributed by atoms with Crippen LogP contribution in [0.2, 0.25) is 0 Å². The number of hydrogen-bond acceptors (Lipinski definition) is 7. The molecule has 0 atom stereocenters. The van der Waals surface area contributed by atoms with Gasteiger partial charge in [-0.3, -0.25) is 4.79 Å². The summed E-state index contributed by atoms with van der Waals surface area (Å²) >= 11 is 0. The zero-order valence-corrected chi connectivity index (χ0v) is 18.3. The van der Waals surface area contributed by atoms with Crippen LogP contribution < -0.4 is 4.74 Å². The van der Waals surface area contributed by atoms with Gasteiger partial charge in [0.25, 0.3) is 0 Å². The Morgan fingerprint density at radius 2 is 1.68 bits per heavy atom. The first-order chi connectivity index (χ1) is 14.8. The van der Waals surface area contributed by atoms with Crippen molar-refractivity contribution in [3.8, 4) is 5.75 Å². The Morgan fingerprint density at radius 3 is 2.29 bits per heavy atom. The molecular formula is C22H25NO7S. The summed E-state index contributed by atoms with van der Waals surface area (Å²) in [5.41, 5.74) is 1.29. The molecular weight excluding hydrogens is 422 g/mol. The minimum absolute atomic E-state index is 0.0802. The molecule has 1 fully saturated rings. The van der Waals surface area contributed by atoms with E-state index in [0.29, 0.717) is 49.8 Å². The molecule has 0 unspecified atom stereocenters. The molecule has 1 saturated heterocycles. The number of hydrogen-bond donors (Lipinski definition) is 0. The highest BCUT2D eigenvalue weighted by Crippen LogP contribution is 2.23. The number of carbonyl (C=O) groups is 2. The van der Waals surface area contributed by atoms with Crippen LogP contribution in [-0.2, 0) is 26.1 Å². The van der Waals surface area contributed by atoms with Crippen molar-refractivity contribution in [3.05, 3.63) is 59.2 Å². The number of Topliss-reactive ketones (excluding diaryl/α,β-unsaturated/α-hetero) is 1. The summed E-state index contributed by atoms with van der Waals surface area (Å²) in [6.45, 7) is 4.96. The molecule has 8 nitrogen and oxygen atoms in total. The maximum Gasteiger partial charge on any atom is 0.338 e. The highest BCUT2D eigenvalue weighted by atomic mass is 32.2. The number of esters is 1. The van der Waals surface area contributed by atoms with E-state index in [-0.39, 0.29) is 22.8 Å². The molecule has 0 radical (unpaired) electrons. The Morgan fingerprint density at radius 1 is 1.03 bits per heavy atom. The molecule has 0 N–H and O–H groups in total. The normalized spacial score (nSPS) is 14.8. The molecule has 2 aromatic carbocycles. The van der Waals surface area contributed by atoms with E-state index in [1.807, 2.05) is 6.92 Å². The Labute approximate surface area is 181 Å². The summed E-state index contributed by atoms with van der Waals surface area (Å²) in [6, 6.07) is 10.6. The molecule has 1 aliphatic heterocycles. The molecule has 0 amide bonds. The third-order valence-electron chi connectivity index (χ3n) is 4.82. The smallest absolute Gasteiger partial charge is 0.338 e. The summed E-state index contributed by atoms with van der Waals surface area (Å²) in [5, 5.41) is 0. The fourth-order valence-electron chi connectivity index (χ4n) is 3.13. The number of rotatable bonds is 8. The van der Waals surface area contributed by atoms with Crippen LogP contribution in [0.3, 0.4) is 0 Å². The Kier molecular flexibility index (Phi) is 7.42. The monoisotopic (exact) mass is 447 g/mol. The quantitative estimate of drug-likeness (QED) is 0.453. The molecule has 166 valence electrons. The van der Waals surface area contributed by atoms with Crippen molar-refractivity contribution in [2.45, 2.75) is 25.3 Å². The second-order valence-corrected chi connectivity index (χ2v) is 8.87. The van der Waals surface area contributed by atoms with Crippen molar-refractivity contribution in [1.82, 2.24) is 4.31 Å². The second kappa shape index (κ2) is 10.0. The van der Waals surface area contributed by atoms with Crippen LogP contribution in [0.5, 0.6) is 5.75 Å². The van der Waals surface area contributed by atoms with Crippen LogP contribution in [0.15, 0.2) is 47.4 Å². The molecule has 0 aliphatic carbocycles. The Hall–Kier alpha value is -2.75. The zero-order chi connectivity index (χ0) is 22.4. The highest BCUT2D eigenvalue weighted by Gasteiger charge is 2.26. The standard InChI is InChI=1S/C22H25NO7S/c1-3-29-21-9-6-18(16(2)24)14-19(21)15-30-22(25)17-4-7-20(8-5-17)31(26,27)23-10-12-28-13-11-23/h4-9,14H,3,10-13,15H2,1-2H3. The van der Waals surface area contributed by atoms with Crippen molar-refractivity contribution in [3.63, 3.8) is 0 Å². The molecule has 1 aliphatic rings. The van der Waals surface area contributed by atoms with Gasteiger partial charge < -0.3 is 14.2 Å². The van der Waals surface area contributed by atoms with Crippen molar-refractivity contribution in [2.24, 2.45) is 0 Å². The van der Waals surface area contributed by atoms with Crippen molar-refractivity contribution >= 4 is 21.8 Å². The average molecular weight is 448 g/mol. The number of benzene rings is 2. The van der Waals surface area contributed by atoms with Gasteiger partial charge >= 0.3 is 5.97 Å². The van der Waals surface area contributed by atoms with E-state index in [2.05, 4.69) is 0 Å². The SMILES string of the molecule is CCOc1ccc(C(C)=O)cc1COC(=O)c1ccc(S(=O)(=O)N2CCOCC2)cc1. The summed E-state index contributed by atoms with van der Waals surface area (Å²) in [6.07, 6.45) is 0. The maximum atomic E-state index is 12.7. The minimum atomic E-state index is -3.63. The van der Waals surface area contributed by atoms with E-state index in [4.69, 9.17) is 14.2 Å². The van der Waals surface area contributed by atoms with Crippen LogP contribution in [0.25, 0.3) is 0 Å². The maximum absolute atomic E-state index is 12.7. The molecule has 9 heteroatoms. The van der Waals surface area contributed by atoms with Gasteiger partial charge in [0.15, 0.2) is 5.78 Å². The van der Waals surface area contributed by atoms with Gasteiger partial charge in [0.2, 0.25) is 10.0 Å². The predicted octanol–water partition coefficient (Wildman–Crippen LogP) is 2.67. The fourth-order valence-corrected chi connectivity index (χ4v) is 4.54. The lowest BCUT2D eigenvalue weighted by Crippen LogP contribution is -2.40. The molecule has 2 aromatic rings. The van der Waals surface area contributed by atoms with Gasteiger partial charge in [-0.15, -0.1) is 0 Å². The third kappa shape index (κ3) is 5.49. The van der Waals surface area contributed by atoms with Crippen LogP contribution in [-0.4, -0.2) is 57.4 Å². The van der Waals surface area contributed by atoms with E-state index in [0.717, 1.165) is 0 Å². The van der Waals surface area contributed by atoms with Gasteiger partial charge in [0, 0.05) is 24.2 Å². The largest absolute Gasteiger partial charge is 0.493 e. The topological polar surface area (TPSA) is 99.2 Å². The van der Waals surface area contributed by atoms with E-state index >= 15 is 0 Å². The van der Waals surface area contributed by atoms with Gasteiger partial charge in [-0.1, -0.05) is 0 Å². The first kappa shape index (κ1) is 22.9. The molecule has 31 heavy (non-hydrogen) atoms. The lowest BCUT2D eigenvalue weighted by atomic mass is 10.1. The fraction of sp³-hybridized carbons (Fsp3) is 0.364. The number of ether oxygens (including phenoxy) is 3. The van der Waals surface area contributed by atoms with E-state index in [9.17, 15) is 18.0 Å². The van der Waals surface area contributed by atoms with Gasteiger partial charge in [0.05, 0.1) is 30.3 Å². The first-order valence-corrected chi connectivity index (χ1v) is 11.4. The second-order valence-electron chi connectivity index (χ2n) is 6.93. The first-order valence-electron chi connectivity index (χ1n) is 9.94. The van der Waals surface area contributed by atoms with Crippen molar-refractivity contribution < 1.29 is 32.2 Å². The number of ketones is 1. The van der Waals surface area contributed by atoms with E-state index < -0.39 is 16.0 Å². The number of morpholine rings is 1. The molecule has 0 spiro atoms. The molecule has 1 heterocycles. The Bertz CT molecular complexity index is 1040. The summed E-state index contributed by atoms with van der Waals surface area (Å²) in [4.78, 5) is 24.2. The van der Waals surface area contributed by atoms with Crippen LogP contribution in [0.4, 0.5) is 0 Å². The molecule has 3 rings (SSSR count). The summed E-state index contributed by atoms with van der Waals surface area (Å²) in [5.74, 6) is -0.175. The Balaban J connectivity index is 1.70. The number of carbonyl (C=O) groups excluding carboxylic acids is 2. The summed E-state index contributed by atoms with van der Waals surface area (Å²) < 4.78 is 42.8. The molecule has 0 bridgehead atoms. The van der Waals surface area contributed by atoms with Crippen LogP contribution in [0, 0.1) is 0 Å². The van der Waals surface area contributed by atoms with Crippen LogP contribution in [0.1, 0.15) is 40.1 Å².